The summed E-state index contributed by atoms with van der Waals surface area (Å²) in [6.07, 6.45) is 5.59. The van der Waals surface area contributed by atoms with Crippen LogP contribution in [0.1, 0.15) is 44.6 Å². The van der Waals surface area contributed by atoms with Gasteiger partial charge in [-0.1, -0.05) is 97.1 Å². The average molecular weight is 617 g/mol. The first-order chi connectivity index (χ1) is 19.7. The lowest BCUT2D eigenvalue weighted by Crippen LogP contribution is -2.53. The van der Waals surface area contributed by atoms with Gasteiger partial charge in [-0.2, -0.15) is 0 Å². The van der Waals surface area contributed by atoms with Crippen molar-refractivity contribution in [1.82, 2.24) is 10.2 Å². The molecular formula is C31H35Cl2N3O4S. The largest absolute Gasteiger partial charge is 0.352 e. The molecule has 0 heterocycles. The third-order valence-electron chi connectivity index (χ3n) is 7.41. The van der Waals surface area contributed by atoms with Gasteiger partial charge in [0.1, 0.15) is 12.6 Å². The van der Waals surface area contributed by atoms with Gasteiger partial charge >= 0.3 is 0 Å². The molecule has 1 aliphatic rings. The Morgan fingerprint density at radius 3 is 2.20 bits per heavy atom. The fourth-order valence-corrected chi connectivity index (χ4v) is 6.95. The highest BCUT2D eigenvalue weighted by atomic mass is 35.5. The molecule has 3 aromatic rings. The standard InChI is InChI=1S/C31H35Cl2N3O4S/c1-23(31(38)34-25-14-7-3-8-15-25)35(21-20-24-12-5-2-6-13-24)29(37)22-36(28-19-11-18-27(32)30(28)33)41(39,40)26-16-9-4-10-17-26/h2,4-6,9-13,16-19,23,25H,3,7-8,14-15,20-22H2,1H3,(H,34,38)/t23-/m1/s1. The topological polar surface area (TPSA) is 86.8 Å². The van der Waals surface area contributed by atoms with Crippen LogP contribution in [0.15, 0.2) is 83.8 Å². The highest BCUT2D eigenvalue weighted by Crippen LogP contribution is 2.35. The van der Waals surface area contributed by atoms with Crippen molar-refractivity contribution in [1.29, 1.82) is 0 Å². The van der Waals surface area contributed by atoms with Crippen LogP contribution in [0.3, 0.4) is 0 Å². The number of hydrogen-bond donors (Lipinski definition) is 1. The first kappa shape index (κ1) is 30.9. The van der Waals surface area contributed by atoms with Crippen molar-refractivity contribution in [2.24, 2.45) is 0 Å². The van der Waals surface area contributed by atoms with Crippen LogP contribution in [-0.2, 0) is 26.0 Å². The lowest BCUT2D eigenvalue weighted by Gasteiger charge is -2.33. The number of nitrogens with zero attached hydrogens (tertiary/aromatic N) is 2. The highest BCUT2D eigenvalue weighted by Gasteiger charge is 2.34. The van der Waals surface area contributed by atoms with Gasteiger partial charge in [0.2, 0.25) is 11.8 Å². The minimum Gasteiger partial charge on any atom is -0.352 e. The fraction of sp³-hybridized carbons (Fsp3) is 0.355. The van der Waals surface area contributed by atoms with E-state index < -0.39 is 28.5 Å². The first-order valence-corrected chi connectivity index (χ1v) is 16.0. The third kappa shape index (κ3) is 7.82. The molecule has 3 aromatic carbocycles. The highest BCUT2D eigenvalue weighted by molar-refractivity contribution is 7.92. The number of rotatable bonds is 11. The van der Waals surface area contributed by atoms with E-state index in [4.69, 9.17) is 23.2 Å². The SMILES string of the molecule is C[C@H](C(=O)NC1CCCCC1)N(CCc1ccccc1)C(=O)CN(c1cccc(Cl)c1Cl)S(=O)(=O)c1ccccc1. The molecule has 0 radical (unpaired) electrons. The summed E-state index contributed by atoms with van der Waals surface area (Å²) in [4.78, 5) is 28.8. The number of nitrogens with one attached hydrogen (secondary N) is 1. The zero-order valence-corrected chi connectivity index (χ0v) is 25.3. The summed E-state index contributed by atoms with van der Waals surface area (Å²) in [5.41, 5.74) is 1.08. The van der Waals surface area contributed by atoms with Gasteiger partial charge < -0.3 is 10.2 Å². The summed E-state index contributed by atoms with van der Waals surface area (Å²) >= 11 is 12.7. The minimum atomic E-state index is -4.22. The molecule has 0 saturated heterocycles. The van der Waals surface area contributed by atoms with E-state index in [2.05, 4.69) is 5.32 Å². The summed E-state index contributed by atoms with van der Waals surface area (Å²) in [5, 5.41) is 3.28. The number of hydrogen-bond acceptors (Lipinski definition) is 4. The molecule has 0 aromatic heterocycles. The van der Waals surface area contributed by atoms with Gasteiger partial charge in [-0.25, -0.2) is 8.42 Å². The molecule has 0 unspecified atom stereocenters. The molecular weight excluding hydrogens is 581 g/mol. The van der Waals surface area contributed by atoms with Crippen molar-refractivity contribution in [2.45, 2.75) is 62.4 Å². The van der Waals surface area contributed by atoms with Gasteiger partial charge in [0.05, 0.1) is 20.6 Å². The Labute approximate surface area is 252 Å². The molecule has 1 N–H and O–H groups in total. The van der Waals surface area contributed by atoms with Gasteiger partial charge in [-0.3, -0.25) is 13.9 Å². The van der Waals surface area contributed by atoms with E-state index in [1.807, 2.05) is 30.3 Å². The fourth-order valence-electron chi connectivity index (χ4n) is 5.06. The van der Waals surface area contributed by atoms with E-state index in [1.54, 1.807) is 37.3 Å². The molecule has 2 amide bonds. The number of amides is 2. The lowest BCUT2D eigenvalue weighted by molar-refractivity contribution is -0.139. The molecule has 10 heteroatoms. The average Bonchev–Trinajstić information content (AvgIpc) is 2.99. The molecule has 0 bridgehead atoms. The maximum atomic E-state index is 14.0. The second-order valence-electron chi connectivity index (χ2n) is 10.2. The molecule has 1 aliphatic carbocycles. The molecule has 7 nitrogen and oxygen atoms in total. The summed E-state index contributed by atoms with van der Waals surface area (Å²) in [5.74, 6) is -0.778. The predicted octanol–water partition coefficient (Wildman–Crippen LogP) is 6.10. The Balaban J connectivity index is 1.66. The Hall–Kier alpha value is -3.07. The maximum absolute atomic E-state index is 14.0. The van der Waals surface area contributed by atoms with Crippen molar-refractivity contribution in [2.75, 3.05) is 17.4 Å². The van der Waals surface area contributed by atoms with E-state index in [0.717, 1.165) is 42.0 Å². The monoisotopic (exact) mass is 615 g/mol. The van der Waals surface area contributed by atoms with Crippen LogP contribution in [0.25, 0.3) is 0 Å². The molecule has 1 atom stereocenters. The molecule has 0 aliphatic heterocycles. The van der Waals surface area contributed by atoms with E-state index in [1.165, 1.54) is 23.1 Å². The normalized spacial score (nSPS) is 14.7. The van der Waals surface area contributed by atoms with Gasteiger partial charge in [0.25, 0.3) is 10.0 Å². The van der Waals surface area contributed by atoms with E-state index >= 15 is 0 Å². The Bertz CT molecular complexity index is 1430. The third-order valence-corrected chi connectivity index (χ3v) is 10.00. The summed E-state index contributed by atoms with van der Waals surface area (Å²) in [7, 11) is -4.22. The van der Waals surface area contributed by atoms with E-state index in [0.29, 0.717) is 6.42 Å². The van der Waals surface area contributed by atoms with Gasteiger partial charge in [0, 0.05) is 12.6 Å². The molecule has 1 saturated carbocycles. The van der Waals surface area contributed by atoms with Crippen molar-refractivity contribution >= 4 is 50.7 Å². The summed E-state index contributed by atoms with van der Waals surface area (Å²) in [6, 6.07) is 21.4. The van der Waals surface area contributed by atoms with E-state index in [-0.39, 0.29) is 39.1 Å². The zero-order valence-electron chi connectivity index (χ0n) is 23.0. The van der Waals surface area contributed by atoms with Crippen LogP contribution in [0.5, 0.6) is 0 Å². The van der Waals surface area contributed by atoms with Crippen molar-refractivity contribution in [3.8, 4) is 0 Å². The second kappa shape index (κ2) is 14.2. The molecule has 0 spiro atoms. The summed E-state index contributed by atoms with van der Waals surface area (Å²) in [6.45, 7) is 1.35. The van der Waals surface area contributed by atoms with Gasteiger partial charge in [-0.15, -0.1) is 0 Å². The quantitative estimate of drug-likeness (QED) is 0.282. The Morgan fingerprint density at radius 1 is 0.902 bits per heavy atom. The number of sulfonamides is 1. The Morgan fingerprint density at radius 2 is 1.54 bits per heavy atom. The zero-order chi connectivity index (χ0) is 29.4. The minimum absolute atomic E-state index is 0.00256. The molecule has 41 heavy (non-hydrogen) atoms. The first-order valence-electron chi connectivity index (χ1n) is 13.8. The van der Waals surface area contributed by atoms with Crippen molar-refractivity contribution in [3.63, 3.8) is 0 Å². The molecule has 218 valence electrons. The number of anilines is 1. The van der Waals surface area contributed by atoms with Crippen LogP contribution in [0, 0.1) is 0 Å². The van der Waals surface area contributed by atoms with Crippen molar-refractivity contribution in [3.05, 3.63) is 94.5 Å². The van der Waals surface area contributed by atoms with Crippen LogP contribution in [0.2, 0.25) is 10.0 Å². The van der Waals surface area contributed by atoms with Crippen molar-refractivity contribution < 1.29 is 18.0 Å². The Kier molecular flexibility index (Phi) is 10.7. The predicted molar refractivity (Wildman–Crippen MR) is 164 cm³/mol. The smallest absolute Gasteiger partial charge is 0.264 e. The molecule has 4 rings (SSSR count). The van der Waals surface area contributed by atoms with Gasteiger partial charge in [-0.05, 0) is 56.0 Å². The van der Waals surface area contributed by atoms with E-state index in [9.17, 15) is 18.0 Å². The number of carbonyl (C=O) groups is 2. The number of halogens is 2. The number of benzene rings is 3. The van der Waals surface area contributed by atoms with Crippen LogP contribution >= 0.6 is 23.2 Å². The summed E-state index contributed by atoms with van der Waals surface area (Å²) < 4.78 is 28.7. The lowest BCUT2D eigenvalue weighted by atomic mass is 9.95. The maximum Gasteiger partial charge on any atom is 0.264 e. The van der Waals surface area contributed by atoms with Crippen LogP contribution < -0.4 is 9.62 Å². The molecule has 1 fully saturated rings. The van der Waals surface area contributed by atoms with Crippen LogP contribution in [-0.4, -0.2) is 50.3 Å². The van der Waals surface area contributed by atoms with Gasteiger partial charge in [0.15, 0.2) is 0 Å². The number of carbonyl (C=O) groups excluding carboxylic acids is 2. The second-order valence-corrected chi connectivity index (χ2v) is 12.9. The van der Waals surface area contributed by atoms with Crippen LogP contribution in [0.4, 0.5) is 5.69 Å².